The van der Waals surface area contributed by atoms with Crippen molar-refractivity contribution in [1.82, 2.24) is 0 Å². The maximum Gasteiger partial charge on any atom is 0.512 e. The van der Waals surface area contributed by atoms with Gasteiger partial charge in [-0.05, 0) is 29.8 Å². The van der Waals surface area contributed by atoms with Gasteiger partial charge in [-0.2, -0.15) is 0 Å². The largest absolute Gasteiger partial charge is 0.512 e. The van der Waals surface area contributed by atoms with Gasteiger partial charge in [0.15, 0.2) is 0 Å². The van der Waals surface area contributed by atoms with Gasteiger partial charge >= 0.3 is 6.16 Å². The van der Waals surface area contributed by atoms with Crippen LogP contribution in [0.25, 0.3) is 10.4 Å². The second-order valence-corrected chi connectivity index (χ2v) is 8.74. The van der Waals surface area contributed by atoms with E-state index >= 15 is 0 Å². The third kappa shape index (κ3) is 4.54. The number of halogens is 2. The summed E-state index contributed by atoms with van der Waals surface area (Å²) in [7, 11) is -4.04. The third-order valence-corrected chi connectivity index (χ3v) is 6.55. The Morgan fingerprint density at radius 2 is 1.74 bits per heavy atom. The van der Waals surface area contributed by atoms with Crippen LogP contribution in [0.2, 0.25) is 10.0 Å². The predicted octanol–water partition coefficient (Wildman–Crippen LogP) is 5.58. The molecule has 0 atom stereocenters. The summed E-state index contributed by atoms with van der Waals surface area (Å²) in [5.41, 5.74) is 0.796. The van der Waals surface area contributed by atoms with Crippen molar-refractivity contribution in [3.05, 3.63) is 64.6 Å². The number of hydrogen-bond acceptors (Lipinski definition) is 5. The Bertz CT molecular complexity index is 1100. The summed E-state index contributed by atoms with van der Waals surface area (Å²) in [5.74, 6) is 0. The SMILES string of the molecule is O=C(O)Oc1sc(-c2ccccc2)cc1NS(=O)(=O)c1ccc(Cl)c(Cl)c1. The lowest BCUT2D eigenvalue weighted by molar-refractivity contribution is 0.146. The lowest BCUT2D eigenvalue weighted by atomic mass is 10.2. The van der Waals surface area contributed by atoms with Crippen LogP contribution in [0.3, 0.4) is 0 Å². The van der Waals surface area contributed by atoms with Gasteiger partial charge in [0.05, 0.1) is 14.9 Å². The van der Waals surface area contributed by atoms with Gasteiger partial charge in [-0.3, -0.25) is 4.72 Å². The molecular weight excluding hydrogens is 433 g/mol. The van der Waals surface area contributed by atoms with Crippen LogP contribution in [0.4, 0.5) is 10.5 Å². The van der Waals surface area contributed by atoms with E-state index in [1.807, 2.05) is 30.3 Å². The van der Waals surface area contributed by atoms with E-state index in [2.05, 4.69) is 4.72 Å². The summed E-state index contributed by atoms with van der Waals surface area (Å²) in [5, 5.41) is 9.13. The first kappa shape index (κ1) is 19.5. The van der Waals surface area contributed by atoms with Gasteiger partial charge in [0, 0.05) is 4.88 Å². The third-order valence-electron chi connectivity index (χ3n) is 3.38. The molecule has 10 heteroatoms. The number of benzene rings is 2. The molecule has 6 nitrogen and oxygen atoms in total. The fourth-order valence-electron chi connectivity index (χ4n) is 2.19. The number of rotatable bonds is 5. The average molecular weight is 444 g/mol. The minimum atomic E-state index is -4.04. The molecule has 0 saturated heterocycles. The molecule has 0 aliphatic heterocycles. The summed E-state index contributed by atoms with van der Waals surface area (Å²) in [6.07, 6.45) is -1.55. The summed E-state index contributed by atoms with van der Waals surface area (Å²) in [6.45, 7) is 0. The monoisotopic (exact) mass is 443 g/mol. The zero-order valence-corrected chi connectivity index (χ0v) is 16.5. The Morgan fingerprint density at radius 3 is 2.37 bits per heavy atom. The van der Waals surface area contributed by atoms with Crippen LogP contribution in [0.5, 0.6) is 5.06 Å². The van der Waals surface area contributed by atoms with Crippen molar-refractivity contribution in [1.29, 1.82) is 0 Å². The molecule has 2 N–H and O–H groups in total. The molecule has 0 radical (unpaired) electrons. The predicted molar refractivity (Wildman–Crippen MR) is 106 cm³/mol. The highest BCUT2D eigenvalue weighted by molar-refractivity contribution is 7.92. The fraction of sp³-hybridized carbons (Fsp3) is 0. The molecule has 1 aromatic heterocycles. The molecule has 140 valence electrons. The molecule has 0 bridgehead atoms. The molecule has 0 spiro atoms. The standard InChI is InChI=1S/C17H11Cl2NO5S2/c18-12-7-6-11(8-13(12)19)27(23,24)20-14-9-15(10-4-2-1-3-5-10)26-16(14)25-17(21)22/h1-9,20H,(H,21,22). The van der Waals surface area contributed by atoms with Gasteiger partial charge in [-0.25, -0.2) is 13.2 Å². The molecule has 2 aromatic carbocycles. The lowest BCUT2D eigenvalue weighted by Crippen LogP contribution is -2.13. The second-order valence-electron chi connectivity index (χ2n) is 5.23. The lowest BCUT2D eigenvalue weighted by Gasteiger charge is -2.08. The van der Waals surface area contributed by atoms with E-state index in [1.165, 1.54) is 24.3 Å². The van der Waals surface area contributed by atoms with Gasteiger partial charge in [-0.15, -0.1) is 0 Å². The molecule has 1 heterocycles. The van der Waals surface area contributed by atoms with E-state index in [1.54, 1.807) is 0 Å². The second kappa shape index (κ2) is 7.77. The average Bonchev–Trinajstić information content (AvgIpc) is 2.99. The van der Waals surface area contributed by atoms with Crippen LogP contribution in [0.15, 0.2) is 59.5 Å². The van der Waals surface area contributed by atoms with Crippen molar-refractivity contribution >= 4 is 56.4 Å². The van der Waals surface area contributed by atoms with Crippen molar-refractivity contribution < 1.29 is 23.1 Å². The van der Waals surface area contributed by atoms with Gasteiger partial charge in [-0.1, -0.05) is 64.9 Å². The number of anilines is 1. The Morgan fingerprint density at radius 1 is 1.04 bits per heavy atom. The minimum absolute atomic E-state index is 0.00678. The van der Waals surface area contributed by atoms with Crippen LogP contribution in [0.1, 0.15) is 0 Å². The topological polar surface area (TPSA) is 92.7 Å². The van der Waals surface area contributed by atoms with E-state index in [9.17, 15) is 13.2 Å². The highest BCUT2D eigenvalue weighted by Crippen LogP contribution is 2.42. The van der Waals surface area contributed by atoms with Gasteiger partial charge < -0.3 is 9.84 Å². The van der Waals surface area contributed by atoms with Gasteiger partial charge in [0.1, 0.15) is 5.69 Å². The molecule has 0 aliphatic rings. The first-order valence-corrected chi connectivity index (χ1v) is 10.4. The number of ether oxygens (including phenoxy) is 1. The van der Waals surface area contributed by atoms with Gasteiger partial charge in [0.2, 0.25) is 5.06 Å². The van der Waals surface area contributed by atoms with E-state index in [0.717, 1.165) is 16.9 Å². The Labute approximate surface area is 169 Å². The summed E-state index contributed by atoms with van der Waals surface area (Å²) in [6, 6.07) is 14.4. The first-order valence-electron chi connectivity index (χ1n) is 7.34. The molecule has 0 unspecified atom stereocenters. The van der Waals surface area contributed by atoms with Crippen molar-refractivity contribution in [3.63, 3.8) is 0 Å². The molecule has 27 heavy (non-hydrogen) atoms. The maximum atomic E-state index is 12.6. The van der Waals surface area contributed by atoms with Gasteiger partial charge in [0.25, 0.3) is 10.0 Å². The van der Waals surface area contributed by atoms with Crippen LogP contribution in [-0.2, 0) is 10.0 Å². The number of carbonyl (C=O) groups is 1. The molecule has 0 fully saturated rings. The fourth-order valence-corrected chi connectivity index (χ4v) is 4.66. The van der Waals surface area contributed by atoms with Crippen molar-refractivity contribution in [3.8, 4) is 15.5 Å². The highest BCUT2D eigenvalue weighted by atomic mass is 35.5. The van der Waals surface area contributed by atoms with Crippen molar-refractivity contribution in [2.75, 3.05) is 4.72 Å². The van der Waals surface area contributed by atoms with E-state index in [0.29, 0.717) is 4.88 Å². The maximum absolute atomic E-state index is 12.6. The van der Waals surface area contributed by atoms with E-state index < -0.39 is 16.2 Å². The zero-order valence-electron chi connectivity index (χ0n) is 13.3. The number of carboxylic acid groups (broad SMARTS) is 1. The number of nitrogens with one attached hydrogen (secondary N) is 1. The minimum Gasteiger partial charge on any atom is -0.449 e. The van der Waals surface area contributed by atoms with E-state index in [-0.39, 0.29) is 25.7 Å². The molecule has 3 rings (SSSR count). The zero-order chi connectivity index (χ0) is 19.6. The summed E-state index contributed by atoms with van der Waals surface area (Å²) >= 11 is 12.7. The van der Waals surface area contributed by atoms with Crippen LogP contribution < -0.4 is 9.46 Å². The van der Waals surface area contributed by atoms with Crippen molar-refractivity contribution in [2.24, 2.45) is 0 Å². The quantitative estimate of drug-likeness (QED) is 0.502. The molecule has 3 aromatic rings. The van der Waals surface area contributed by atoms with Crippen LogP contribution >= 0.6 is 34.5 Å². The Balaban J connectivity index is 2.00. The van der Waals surface area contributed by atoms with Crippen molar-refractivity contribution in [2.45, 2.75) is 4.90 Å². The van der Waals surface area contributed by atoms with E-state index in [4.69, 9.17) is 33.0 Å². The number of thiophene rings is 1. The Kier molecular flexibility index (Phi) is 5.61. The molecule has 0 aliphatic carbocycles. The Hall–Kier alpha value is -2.26. The normalized spacial score (nSPS) is 11.2. The summed E-state index contributed by atoms with van der Waals surface area (Å²) < 4.78 is 32.3. The summed E-state index contributed by atoms with van der Waals surface area (Å²) in [4.78, 5) is 11.5. The van der Waals surface area contributed by atoms with Crippen LogP contribution in [0, 0.1) is 0 Å². The van der Waals surface area contributed by atoms with Crippen LogP contribution in [-0.4, -0.2) is 19.7 Å². The highest BCUT2D eigenvalue weighted by Gasteiger charge is 2.22. The molecule has 0 saturated carbocycles. The smallest absolute Gasteiger partial charge is 0.449 e. The number of sulfonamides is 1. The molecular formula is C17H11Cl2NO5S2. The molecule has 0 amide bonds. The number of hydrogen-bond donors (Lipinski definition) is 2. The first-order chi connectivity index (χ1) is 12.8.